The van der Waals surface area contributed by atoms with E-state index < -0.39 is 5.97 Å². The van der Waals surface area contributed by atoms with E-state index >= 15 is 0 Å². The van der Waals surface area contributed by atoms with Crippen LogP contribution in [0.1, 0.15) is 21.5 Å². The van der Waals surface area contributed by atoms with E-state index in [1.165, 1.54) is 10.9 Å². The van der Waals surface area contributed by atoms with Crippen molar-refractivity contribution >= 4 is 22.8 Å². The summed E-state index contributed by atoms with van der Waals surface area (Å²) in [5.74, 6) is -0.873. The molecule has 0 fully saturated rings. The van der Waals surface area contributed by atoms with Gasteiger partial charge in [0, 0.05) is 0 Å². The van der Waals surface area contributed by atoms with E-state index in [9.17, 15) is 4.79 Å². The molecule has 0 bridgehead atoms. The molecule has 0 saturated heterocycles. The summed E-state index contributed by atoms with van der Waals surface area (Å²) in [5, 5.41) is 11.2. The van der Waals surface area contributed by atoms with Crippen LogP contribution in [0.3, 0.4) is 0 Å². The second kappa shape index (κ2) is 3.20. The van der Waals surface area contributed by atoms with Crippen LogP contribution in [-0.4, -0.2) is 11.1 Å². The topological polar surface area (TPSA) is 37.3 Å². The molecule has 0 aliphatic heterocycles. The zero-order valence-corrected chi connectivity index (χ0v) is 8.60. The molecule has 1 aliphatic rings. The third-order valence-electron chi connectivity index (χ3n) is 2.98. The number of aromatic carboxylic acids is 1. The second-order valence-electron chi connectivity index (χ2n) is 3.99. The third kappa shape index (κ3) is 1.23. The lowest BCUT2D eigenvalue weighted by Crippen LogP contribution is -1.99. The Kier molecular flexibility index (Phi) is 1.83. The van der Waals surface area contributed by atoms with Gasteiger partial charge in [-0.3, -0.25) is 0 Å². The molecule has 1 aliphatic carbocycles. The average Bonchev–Trinajstić information content (AvgIpc) is 2.29. The lowest BCUT2D eigenvalue weighted by Gasteiger charge is -2.13. The maximum atomic E-state index is 11.0. The van der Waals surface area contributed by atoms with Gasteiger partial charge < -0.3 is 5.11 Å². The van der Waals surface area contributed by atoms with Gasteiger partial charge in [-0.2, -0.15) is 0 Å². The first-order valence-corrected chi connectivity index (χ1v) is 5.21. The van der Waals surface area contributed by atoms with Crippen LogP contribution < -0.4 is 0 Å². The Labute approximate surface area is 92.8 Å². The predicted octanol–water partition coefficient (Wildman–Crippen LogP) is 3.11. The molecule has 0 spiro atoms. The Morgan fingerprint density at radius 2 is 2.12 bits per heavy atom. The molecule has 0 atom stereocenters. The molecule has 3 rings (SSSR count). The zero-order chi connectivity index (χ0) is 11.1. The molecule has 0 amide bonds. The molecule has 2 aromatic carbocycles. The molecule has 0 aromatic heterocycles. The normalized spacial score (nSPS) is 13.0. The minimum Gasteiger partial charge on any atom is -0.478 e. The Bertz CT molecular complexity index is 624. The van der Waals surface area contributed by atoms with E-state index in [4.69, 9.17) is 5.11 Å². The van der Waals surface area contributed by atoms with Gasteiger partial charge in [-0.05, 0) is 40.5 Å². The molecule has 0 radical (unpaired) electrons. The van der Waals surface area contributed by atoms with Crippen LogP contribution in [0, 0.1) is 0 Å². The van der Waals surface area contributed by atoms with Crippen molar-refractivity contribution in [3.8, 4) is 0 Å². The Balaban J connectivity index is 2.43. The second-order valence-corrected chi connectivity index (χ2v) is 3.99. The zero-order valence-electron chi connectivity index (χ0n) is 8.60. The summed E-state index contributed by atoms with van der Waals surface area (Å²) in [6.07, 6.45) is 5.00. The molecular formula is C14H10O2. The van der Waals surface area contributed by atoms with Crippen LogP contribution in [0.25, 0.3) is 16.8 Å². The fraction of sp³-hybridized carbons (Fsp3) is 0.0714. The van der Waals surface area contributed by atoms with Gasteiger partial charge in [0.15, 0.2) is 0 Å². The molecule has 0 heterocycles. The summed E-state index contributed by atoms with van der Waals surface area (Å²) in [7, 11) is 0. The number of hydrogen-bond acceptors (Lipinski definition) is 1. The maximum absolute atomic E-state index is 11.0. The minimum absolute atomic E-state index is 0.353. The van der Waals surface area contributed by atoms with Crippen LogP contribution in [0.2, 0.25) is 0 Å². The Hall–Kier alpha value is -2.09. The highest BCUT2D eigenvalue weighted by atomic mass is 16.4. The summed E-state index contributed by atoms with van der Waals surface area (Å²) >= 11 is 0. The van der Waals surface area contributed by atoms with E-state index in [1.54, 1.807) is 12.1 Å². The first-order valence-electron chi connectivity index (χ1n) is 5.21. The number of carbonyl (C=O) groups is 1. The molecule has 2 nitrogen and oxygen atoms in total. The van der Waals surface area contributed by atoms with Gasteiger partial charge in [0.05, 0.1) is 5.56 Å². The number of carboxylic acids is 1. The van der Waals surface area contributed by atoms with Crippen LogP contribution in [0.15, 0.2) is 36.4 Å². The predicted molar refractivity (Wildman–Crippen MR) is 63.6 cm³/mol. The van der Waals surface area contributed by atoms with E-state index in [0.29, 0.717) is 5.56 Å². The first-order chi connectivity index (χ1) is 7.75. The summed E-state index contributed by atoms with van der Waals surface area (Å²) in [5.41, 5.74) is 2.63. The SMILES string of the molecule is O=C(O)c1cc2c3c(cccc3c1)CC=C2. The molecule has 2 aromatic rings. The number of benzene rings is 2. The minimum atomic E-state index is -0.873. The highest BCUT2D eigenvalue weighted by molar-refractivity contribution is 6.01. The van der Waals surface area contributed by atoms with Gasteiger partial charge >= 0.3 is 5.97 Å². The van der Waals surface area contributed by atoms with Gasteiger partial charge in [0.1, 0.15) is 0 Å². The Morgan fingerprint density at radius 1 is 1.25 bits per heavy atom. The summed E-state index contributed by atoms with van der Waals surface area (Å²) in [6.45, 7) is 0. The largest absolute Gasteiger partial charge is 0.478 e. The number of allylic oxidation sites excluding steroid dienone is 1. The van der Waals surface area contributed by atoms with Crippen molar-refractivity contribution in [3.05, 3.63) is 53.1 Å². The van der Waals surface area contributed by atoms with Crippen LogP contribution in [0.4, 0.5) is 0 Å². The fourth-order valence-corrected chi connectivity index (χ4v) is 2.28. The summed E-state index contributed by atoms with van der Waals surface area (Å²) in [6, 6.07) is 9.52. The molecule has 2 heteroatoms. The van der Waals surface area contributed by atoms with Gasteiger partial charge in [-0.25, -0.2) is 4.79 Å². The average molecular weight is 210 g/mol. The lowest BCUT2D eigenvalue weighted by molar-refractivity contribution is 0.0697. The van der Waals surface area contributed by atoms with Crippen LogP contribution in [-0.2, 0) is 6.42 Å². The van der Waals surface area contributed by atoms with E-state index in [0.717, 1.165) is 17.4 Å². The van der Waals surface area contributed by atoms with Crippen molar-refractivity contribution in [2.45, 2.75) is 6.42 Å². The van der Waals surface area contributed by atoms with Crippen molar-refractivity contribution in [2.75, 3.05) is 0 Å². The van der Waals surface area contributed by atoms with Crippen molar-refractivity contribution in [1.82, 2.24) is 0 Å². The molecule has 0 unspecified atom stereocenters. The number of carboxylic acid groups (broad SMARTS) is 1. The standard InChI is InChI=1S/C14H10O2/c15-14(16)12-7-10-5-1-3-9-4-2-6-11(8-12)13(9)10/h1-3,5-8H,4H2,(H,15,16). The molecule has 1 N–H and O–H groups in total. The maximum Gasteiger partial charge on any atom is 0.335 e. The quantitative estimate of drug-likeness (QED) is 0.785. The van der Waals surface area contributed by atoms with Gasteiger partial charge in [0.2, 0.25) is 0 Å². The van der Waals surface area contributed by atoms with E-state index in [2.05, 4.69) is 12.1 Å². The number of hydrogen-bond donors (Lipinski definition) is 1. The molecular weight excluding hydrogens is 200 g/mol. The van der Waals surface area contributed by atoms with E-state index in [1.807, 2.05) is 18.2 Å². The van der Waals surface area contributed by atoms with Crippen molar-refractivity contribution < 1.29 is 9.90 Å². The van der Waals surface area contributed by atoms with Crippen LogP contribution >= 0.6 is 0 Å². The molecule has 16 heavy (non-hydrogen) atoms. The highest BCUT2D eigenvalue weighted by Crippen LogP contribution is 2.29. The van der Waals surface area contributed by atoms with Crippen molar-refractivity contribution in [2.24, 2.45) is 0 Å². The van der Waals surface area contributed by atoms with Crippen molar-refractivity contribution in [3.63, 3.8) is 0 Å². The first kappa shape index (κ1) is 9.16. The van der Waals surface area contributed by atoms with E-state index in [-0.39, 0.29) is 0 Å². The van der Waals surface area contributed by atoms with Gasteiger partial charge in [-0.15, -0.1) is 0 Å². The Morgan fingerprint density at radius 3 is 2.94 bits per heavy atom. The highest BCUT2D eigenvalue weighted by Gasteiger charge is 2.12. The summed E-state index contributed by atoms with van der Waals surface area (Å²) in [4.78, 5) is 11.0. The van der Waals surface area contributed by atoms with Crippen molar-refractivity contribution in [1.29, 1.82) is 0 Å². The monoisotopic (exact) mass is 210 g/mol. The lowest BCUT2D eigenvalue weighted by atomic mass is 9.91. The number of rotatable bonds is 1. The van der Waals surface area contributed by atoms with Gasteiger partial charge in [0.25, 0.3) is 0 Å². The summed E-state index contributed by atoms with van der Waals surface area (Å²) < 4.78 is 0. The smallest absolute Gasteiger partial charge is 0.335 e. The van der Waals surface area contributed by atoms with Crippen LogP contribution in [0.5, 0.6) is 0 Å². The van der Waals surface area contributed by atoms with Gasteiger partial charge in [-0.1, -0.05) is 30.4 Å². The molecule has 78 valence electrons. The third-order valence-corrected chi connectivity index (χ3v) is 2.98. The fourth-order valence-electron chi connectivity index (χ4n) is 2.28. The molecule has 0 saturated carbocycles.